The average molecular weight is 539 g/mol. The lowest BCUT2D eigenvalue weighted by Gasteiger charge is -2.30. The summed E-state index contributed by atoms with van der Waals surface area (Å²) in [6, 6.07) is 3.55. The van der Waals surface area contributed by atoms with Gasteiger partial charge in [-0.1, -0.05) is 132 Å². The minimum Gasteiger partial charge on any atom is -0.462 e. The smallest absolute Gasteiger partial charge is 0.391 e. The molecule has 0 unspecified atom stereocenters. The maximum Gasteiger partial charge on any atom is 0.391 e. The van der Waals surface area contributed by atoms with Crippen LogP contribution in [0.15, 0.2) is 12.1 Å². The molecule has 1 aromatic rings. The normalized spacial score (nSPS) is 12.3. The van der Waals surface area contributed by atoms with Crippen molar-refractivity contribution < 1.29 is 23.8 Å². The van der Waals surface area contributed by atoms with Crippen LogP contribution in [0.1, 0.15) is 160 Å². The van der Waals surface area contributed by atoms with Crippen LogP contribution in [0.5, 0.6) is 5.75 Å². The molecule has 0 aliphatic heterocycles. The van der Waals surface area contributed by atoms with Crippen molar-refractivity contribution in [3.05, 3.63) is 28.8 Å². The van der Waals surface area contributed by atoms with Crippen molar-refractivity contribution in [3.8, 4) is 5.75 Å². The zero-order valence-electron chi connectivity index (χ0n) is 24.8. The summed E-state index contributed by atoms with van der Waals surface area (Å²) < 4.78 is 11.1. The quantitative estimate of drug-likeness (QED) is 0.111. The molecule has 37 heavy (non-hydrogen) atoms. The summed E-state index contributed by atoms with van der Waals surface area (Å²) in [4.78, 5) is 32.1. The summed E-state index contributed by atoms with van der Waals surface area (Å²) >= 11 is 0. The first-order valence-electron chi connectivity index (χ1n) is 14.6. The van der Waals surface area contributed by atoms with Crippen LogP contribution in [-0.4, -0.2) is 22.4 Å². The van der Waals surface area contributed by atoms with E-state index in [4.69, 9.17) is 9.26 Å². The highest BCUT2D eigenvalue weighted by atomic mass is 31.2. The van der Waals surface area contributed by atoms with Crippen molar-refractivity contribution in [2.45, 2.75) is 149 Å². The second-order valence-corrected chi connectivity index (χ2v) is 13.2. The maximum atomic E-state index is 12.9. The third-order valence-corrected chi connectivity index (χ3v) is 7.19. The number of ether oxygens (including phenoxy) is 1. The molecule has 0 bridgehead atoms. The summed E-state index contributed by atoms with van der Waals surface area (Å²) in [5.41, 5.74) is 1.29. The van der Waals surface area contributed by atoms with Crippen LogP contribution in [-0.2, 0) is 15.6 Å². The lowest BCUT2D eigenvalue weighted by molar-refractivity contribution is 0.0497. The number of carbonyl (C=O) groups is 1. The van der Waals surface area contributed by atoms with Crippen LogP contribution in [0.25, 0.3) is 0 Å². The zero-order chi connectivity index (χ0) is 27.9. The third-order valence-electron chi connectivity index (χ3n) is 6.84. The van der Waals surface area contributed by atoms with Gasteiger partial charge in [-0.05, 0) is 29.4 Å². The molecular formula is C31H55O5P. The van der Waals surface area contributed by atoms with E-state index in [0.29, 0.717) is 17.9 Å². The number of hydrogen-bond donors (Lipinski definition) is 2. The molecule has 0 atom stereocenters. The molecule has 0 aliphatic rings. The van der Waals surface area contributed by atoms with Crippen LogP contribution in [0, 0.1) is 0 Å². The lowest BCUT2D eigenvalue weighted by atomic mass is 9.78. The van der Waals surface area contributed by atoms with Gasteiger partial charge in [-0.2, -0.15) is 0 Å². The Hall–Kier alpha value is -1.16. The number of carbonyl (C=O) groups excluding carboxylic acids is 1. The Kier molecular flexibility index (Phi) is 16.0. The van der Waals surface area contributed by atoms with Gasteiger partial charge in [-0.25, -0.2) is 4.79 Å². The van der Waals surface area contributed by atoms with Gasteiger partial charge in [0.2, 0.25) is 0 Å². The van der Waals surface area contributed by atoms with Crippen LogP contribution in [0.4, 0.5) is 0 Å². The topological polar surface area (TPSA) is 76.0 Å². The standard InChI is InChI=1S/C31H55O5P/c1-8-9-10-11-12-13-14-15-16-17-18-19-20-21-22-35-29(32)25-23-26(30(2,3)4)28(36-37(33)34)27(24-25)31(5,6)7/h23-24,33-34H,8-22H2,1-7H3. The van der Waals surface area contributed by atoms with Gasteiger partial charge in [-0.15, -0.1) is 0 Å². The highest BCUT2D eigenvalue weighted by molar-refractivity contribution is 7.39. The van der Waals surface area contributed by atoms with Crippen molar-refractivity contribution in [2.75, 3.05) is 6.61 Å². The van der Waals surface area contributed by atoms with Crippen molar-refractivity contribution >= 4 is 14.6 Å². The predicted molar refractivity (Wildman–Crippen MR) is 156 cm³/mol. The molecule has 214 valence electrons. The number of unbranched alkanes of at least 4 members (excludes halogenated alkanes) is 13. The molecule has 0 amide bonds. The van der Waals surface area contributed by atoms with Crippen molar-refractivity contribution in [1.82, 2.24) is 0 Å². The Morgan fingerprint density at radius 2 is 1.08 bits per heavy atom. The van der Waals surface area contributed by atoms with E-state index in [2.05, 4.69) is 6.92 Å². The Morgan fingerprint density at radius 1 is 0.703 bits per heavy atom. The first kappa shape index (κ1) is 33.9. The molecule has 0 saturated carbocycles. The largest absolute Gasteiger partial charge is 0.462 e. The highest BCUT2D eigenvalue weighted by Crippen LogP contribution is 2.45. The monoisotopic (exact) mass is 538 g/mol. The zero-order valence-corrected chi connectivity index (χ0v) is 25.7. The van der Waals surface area contributed by atoms with Crippen LogP contribution in [0.3, 0.4) is 0 Å². The molecule has 0 aliphatic carbocycles. The molecule has 6 heteroatoms. The van der Waals surface area contributed by atoms with E-state index in [1.54, 1.807) is 12.1 Å². The van der Waals surface area contributed by atoms with Crippen molar-refractivity contribution in [2.24, 2.45) is 0 Å². The predicted octanol–water partition coefficient (Wildman–Crippen LogP) is 9.51. The second-order valence-electron chi connectivity index (χ2n) is 12.5. The van der Waals surface area contributed by atoms with E-state index in [-0.39, 0.29) is 16.8 Å². The van der Waals surface area contributed by atoms with Gasteiger partial charge in [-0.3, -0.25) is 0 Å². The molecule has 0 spiro atoms. The Bertz CT molecular complexity index is 742. The molecule has 0 saturated heterocycles. The number of hydrogen-bond acceptors (Lipinski definition) is 5. The van der Waals surface area contributed by atoms with Gasteiger partial charge in [0.15, 0.2) is 0 Å². The maximum absolute atomic E-state index is 12.9. The fraction of sp³-hybridized carbons (Fsp3) is 0.774. The van der Waals surface area contributed by atoms with Gasteiger partial charge in [0.25, 0.3) is 0 Å². The van der Waals surface area contributed by atoms with Crippen molar-refractivity contribution in [1.29, 1.82) is 0 Å². The second kappa shape index (κ2) is 17.4. The van der Waals surface area contributed by atoms with Gasteiger partial charge in [0.1, 0.15) is 5.75 Å². The highest BCUT2D eigenvalue weighted by Gasteiger charge is 2.30. The Balaban J connectivity index is 2.46. The number of esters is 1. The summed E-state index contributed by atoms with van der Waals surface area (Å²) in [6.07, 6.45) is 18.1. The van der Waals surface area contributed by atoms with Gasteiger partial charge in [0, 0.05) is 11.1 Å². The van der Waals surface area contributed by atoms with Crippen LogP contribution < -0.4 is 4.52 Å². The van der Waals surface area contributed by atoms with E-state index in [9.17, 15) is 14.6 Å². The van der Waals surface area contributed by atoms with E-state index < -0.39 is 8.60 Å². The molecule has 2 N–H and O–H groups in total. The molecule has 0 fully saturated rings. The minimum atomic E-state index is -2.57. The molecule has 5 nitrogen and oxygen atoms in total. The minimum absolute atomic E-state index is 0.340. The van der Waals surface area contributed by atoms with E-state index in [1.807, 2.05) is 41.5 Å². The fourth-order valence-corrected chi connectivity index (χ4v) is 4.95. The lowest BCUT2D eigenvalue weighted by Crippen LogP contribution is -2.21. The summed E-state index contributed by atoms with van der Waals surface area (Å²) in [5.74, 6) is 0.104. The third kappa shape index (κ3) is 14.0. The number of benzene rings is 1. The molecule has 0 aromatic heterocycles. The summed E-state index contributed by atoms with van der Waals surface area (Å²) in [5, 5.41) is 0. The molecule has 0 radical (unpaired) electrons. The number of rotatable bonds is 18. The Labute approximate surface area is 228 Å². The SMILES string of the molecule is CCCCCCCCCCCCCCCCOC(=O)c1cc(C(C)(C)C)c(OP(O)O)c(C(C)(C)C)c1. The Morgan fingerprint density at radius 3 is 1.43 bits per heavy atom. The fourth-order valence-electron chi connectivity index (χ4n) is 4.59. The first-order chi connectivity index (χ1) is 17.4. The van der Waals surface area contributed by atoms with Crippen LogP contribution in [0.2, 0.25) is 0 Å². The van der Waals surface area contributed by atoms with E-state index >= 15 is 0 Å². The van der Waals surface area contributed by atoms with E-state index in [1.165, 1.54) is 77.0 Å². The first-order valence-corrected chi connectivity index (χ1v) is 15.8. The molecule has 1 rings (SSSR count). The average Bonchev–Trinajstić information content (AvgIpc) is 2.79. The van der Waals surface area contributed by atoms with Crippen LogP contribution >= 0.6 is 8.60 Å². The summed E-state index contributed by atoms with van der Waals surface area (Å²) in [7, 11) is -2.57. The van der Waals surface area contributed by atoms with Crippen molar-refractivity contribution in [3.63, 3.8) is 0 Å². The van der Waals surface area contributed by atoms with Gasteiger partial charge >= 0.3 is 14.6 Å². The van der Waals surface area contributed by atoms with Gasteiger partial charge in [0.05, 0.1) is 12.2 Å². The molecular weight excluding hydrogens is 483 g/mol. The molecule has 1 aromatic carbocycles. The molecule has 0 heterocycles. The summed E-state index contributed by atoms with van der Waals surface area (Å²) in [6.45, 7) is 14.8. The van der Waals surface area contributed by atoms with E-state index in [0.717, 1.165) is 24.0 Å². The van der Waals surface area contributed by atoms with Gasteiger partial charge < -0.3 is 19.0 Å².